The van der Waals surface area contributed by atoms with Gasteiger partial charge in [0, 0.05) is 17.9 Å². The molecular formula is C20H20Cl2N4. The molecule has 0 bridgehead atoms. The lowest BCUT2D eigenvalue weighted by Crippen LogP contribution is -1.98. The van der Waals surface area contributed by atoms with Crippen LogP contribution in [0.15, 0.2) is 78.9 Å². The van der Waals surface area contributed by atoms with Crippen LogP contribution in [-0.2, 0) is 6.54 Å². The van der Waals surface area contributed by atoms with Crippen molar-refractivity contribution >= 4 is 53.2 Å². The first-order valence-corrected chi connectivity index (χ1v) is 7.96. The zero-order valence-corrected chi connectivity index (χ0v) is 15.6. The fourth-order valence-electron chi connectivity index (χ4n) is 2.63. The van der Waals surface area contributed by atoms with Gasteiger partial charge in [-0.2, -0.15) is 0 Å². The van der Waals surface area contributed by atoms with Crippen molar-refractivity contribution in [2.45, 2.75) is 6.54 Å². The Kier molecular flexibility index (Phi) is 6.89. The molecule has 26 heavy (non-hydrogen) atoms. The summed E-state index contributed by atoms with van der Waals surface area (Å²) in [6.45, 7) is 0.798. The molecule has 0 aliphatic rings. The Balaban J connectivity index is 0.00000121. The van der Waals surface area contributed by atoms with Crippen LogP contribution in [0, 0.1) is 0 Å². The predicted octanol–water partition coefficient (Wildman–Crippen LogP) is 5.76. The van der Waals surface area contributed by atoms with Gasteiger partial charge in [-0.15, -0.1) is 24.8 Å². The smallest absolute Gasteiger partial charge is 0.205 e. The molecule has 4 rings (SSSR count). The first kappa shape index (κ1) is 19.6. The number of fused-ring (bicyclic) bond motifs is 1. The summed E-state index contributed by atoms with van der Waals surface area (Å²) in [5, 5.41) is 6.72. The van der Waals surface area contributed by atoms with Gasteiger partial charge in [-0.25, -0.2) is 4.98 Å². The lowest BCUT2D eigenvalue weighted by atomic mass is 10.2. The van der Waals surface area contributed by atoms with Gasteiger partial charge >= 0.3 is 0 Å². The number of hydrogen-bond acceptors (Lipinski definition) is 3. The Morgan fingerprint density at radius 2 is 1.46 bits per heavy atom. The normalized spacial score (nSPS) is 9.85. The molecule has 0 fully saturated rings. The van der Waals surface area contributed by atoms with Crippen molar-refractivity contribution in [3.63, 3.8) is 0 Å². The van der Waals surface area contributed by atoms with E-state index < -0.39 is 0 Å². The number of anilines is 3. The molecule has 4 nitrogen and oxygen atoms in total. The predicted molar refractivity (Wildman–Crippen MR) is 114 cm³/mol. The van der Waals surface area contributed by atoms with Gasteiger partial charge < -0.3 is 15.6 Å². The number of aromatic nitrogens is 2. The topological polar surface area (TPSA) is 52.7 Å². The summed E-state index contributed by atoms with van der Waals surface area (Å²) in [4.78, 5) is 7.91. The standard InChI is InChI=1S/C20H18N4.2ClH/c1-3-7-15(8-4-1)14-21-17-11-12-18-19(13-17)24-20(23-18)22-16-9-5-2-6-10-16;;/h1-13,21H,14H2,(H2,22,23,24);2*1H. The quantitative estimate of drug-likeness (QED) is 0.408. The van der Waals surface area contributed by atoms with Gasteiger partial charge in [0.25, 0.3) is 0 Å². The molecule has 0 aliphatic carbocycles. The highest BCUT2D eigenvalue weighted by Crippen LogP contribution is 2.21. The maximum absolute atomic E-state index is 4.62. The molecular weight excluding hydrogens is 367 g/mol. The number of H-pyrrole nitrogens is 1. The number of aromatic amines is 1. The average molecular weight is 387 g/mol. The summed E-state index contributed by atoms with van der Waals surface area (Å²) in [5.41, 5.74) is 5.28. The van der Waals surface area contributed by atoms with Crippen LogP contribution in [0.4, 0.5) is 17.3 Å². The van der Waals surface area contributed by atoms with E-state index in [1.807, 2.05) is 42.5 Å². The van der Waals surface area contributed by atoms with Crippen molar-refractivity contribution < 1.29 is 0 Å². The van der Waals surface area contributed by atoms with E-state index in [0.717, 1.165) is 34.9 Å². The van der Waals surface area contributed by atoms with Crippen LogP contribution < -0.4 is 10.6 Å². The molecule has 134 valence electrons. The van der Waals surface area contributed by atoms with Crippen molar-refractivity contribution in [3.8, 4) is 0 Å². The summed E-state index contributed by atoms with van der Waals surface area (Å²) >= 11 is 0. The van der Waals surface area contributed by atoms with Crippen LogP contribution in [-0.4, -0.2) is 9.97 Å². The first-order valence-electron chi connectivity index (χ1n) is 7.96. The molecule has 1 heterocycles. The lowest BCUT2D eigenvalue weighted by molar-refractivity contribution is 1.15. The van der Waals surface area contributed by atoms with Gasteiger partial charge in [0.1, 0.15) is 0 Å². The third kappa shape index (κ3) is 4.69. The molecule has 3 N–H and O–H groups in total. The van der Waals surface area contributed by atoms with Gasteiger partial charge in [0.05, 0.1) is 11.0 Å². The van der Waals surface area contributed by atoms with Crippen LogP contribution in [0.5, 0.6) is 0 Å². The van der Waals surface area contributed by atoms with Crippen molar-refractivity contribution in [1.29, 1.82) is 0 Å². The third-order valence-electron chi connectivity index (χ3n) is 3.86. The summed E-state index contributed by atoms with van der Waals surface area (Å²) in [5.74, 6) is 0.747. The van der Waals surface area contributed by atoms with E-state index in [0.29, 0.717) is 0 Å². The Morgan fingerprint density at radius 1 is 0.769 bits per heavy atom. The highest BCUT2D eigenvalue weighted by Gasteiger charge is 2.04. The minimum atomic E-state index is 0. The van der Waals surface area contributed by atoms with Crippen LogP contribution in [0.25, 0.3) is 11.0 Å². The fourth-order valence-corrected chi connectivity index (χ4v) is 2.63. The molecule has 0 amide bonds. The highest BCUT2D eigenvalue weighted by molar-refractivity contribution is 5.85. The zero-order valence-electron chi connectivity index (χ0n) is 14.0. The molecule has 0 saturated heterocycles. The molecule has 6 heteroatoms. The van der Waals surface area contributed by atoms with Crippen molar-refractivity contribution in [3.05, 3.63) is 84.4 Å². The second kappa shape index (κ2) is 9.13. The largest absolute Gasteiger partial charge is 0.381 e. The Hall–Kier alpha value is -2.69. The van der Waals surface area contributed by atoms with Crippen molar-refractivity contribution in [2.75, 3.05) is 10.6 Å². The SMILES string of the molecule is Cl.Cl.c1ccc(CNc2ccc3[nH]c(Nc4ccccc4)nc3c2)cc1. The van der Waals surface area contributed by atoms with E-state index >= 15 is 0 Å². The second-order valence-corrected chi connectivity index (χ2v) is 5.65. The average Bonchev–Trinajstić information content (AvgIpc) is 3.03. The lowest BCUT2D eigenvalue weighted by Gasteiger charge is -2.06. The second-order valence-electron chi connectivity index (χ2n) is 5.65. The minimum Gasteiger partial charge on any atom is -0.381 e. The Morgan fingerprint density at radius 3 is 2.19 bits per heavy atom. The Bertz CT molecular complexity index is 940. The van der Waals surface area contributed by atoms with Crippen LogP contribution in [0.3, 0.4) is 0 Å². The molecule has 0 spiro atoms. The van der Waals surface area contributed by atoms with E-state index in [9.17, 15) is 0 Å². The van der Waals surface area contributed by atoms with Gasteiger partial charge in [0.15, 0.2) is 0 Å². The van der Waals surface area contributed by atoms with Crippen molar-refractivity contribution in [2.24, 2.45) is 0 Å². The van der Waals surface area contributed by atoms with Crippen LogP contribution in [0.1, 0.15) is 5.56 Å². The molecule has 0 saturated carbocycles. The molecule has 0 aliphatic heterocycles. The number of para-hydroxylation sites is 1. The van der Waals surface area contributed by atoms with E-state index in [1.165, 1.54) is 5.56 Å². The summed E-state index contributed by atoms with van der Waals surface area (Å²) in [6, 6.07) is 26.5. The van der Waals surface area contributed by atoms with Crippen LogP contribution in [0.2, 0.25) is 0 Å². The van der Waals surface area contributed by atoms with Gasteiger partial charge in [0.2, 0.25) is 5.95 Å². The number of nitrogens with zero attached hydrogens (tertiary/aromatic N) is 1. The zero-order chi connectivity index (χ0) is 16.2. The van der Waals surface area contributed by atoms with E-state index in [1.54, 1.807) is 0 Å². The summed E-state index contributed by atoms with van der Waals surface area (Å²) in [7, 11) is 0. The van der Waals surface area contributed by atoms with Gasteiger partial charge in [-0.1, -0.05) is 48.5 Å². The molecule has 0 unspecified atom stereocenters. The van der Waals surface area contributed by atoms with E-state index in [4.69, 9.17) is 0 Å². The molecule has 1 aromatic heterocycles. The molecule has 0 atom stereocenters. The molecule has 0 radical (unpaired) electrons. The van der Waals surface area contributed by atoms with Crippen LogP contribution >= 0.6 is 24.8 Å². The van der Waals surface area contributed by atoms with E-state index in [-0.39, 0.29) is 24.8 Å². The van der Waals surface area contributed by atoms with Gasteiger partial charge in [-0.05, 0) is 35.9 Å². The minimum absolute atomic E-state index is 0. The van der Waals surface area contributed by atoms with Crippen molar-refractivity contribution in [1.82, 2.24) is 9.97 Å². The Labute approximate surface area is 164 Å². The first-order chi connectivity index (χ1) is 11.9. The number of imidazole rings is 1. The summed E-state index contributed by atoms with van der Waals surface area (Å²) in [6.07, 6.45) is 0. The third-order valence-corrected chi connectivity index (χ3v) is 3.86. The summed E-state index contributed by atoms with van der Waals surface area (Å²) < 4.78 is 0. The fraction of sp³-hybridized carbons (Fsp3) is 0.0500. The maximum Gasteiger partial charge on any atom is 0.205 e. The number of nitrogens with one attached hydrogen (secondary N) is 3. The number of rotatable bonds is 5. The number of benzene rings is 3. The molecule has 4 aromatic rings. The maximum atomic E-state index is 4.62. The molecule has 3 aromatic carbocycles. The van der Waals surface area contributed by atoms with E-state index in [2.05, 4.69) is 57.0 Å². The monoisotopic (exact) mass is 386 g/mol. The number of hydrogen-bond donors (Lipinski definition) is 3. The van der Waals surface area contributed by atoms with Gasteiger partial charge in [-0.3, -0.25) is 0 Å². The number of halogens is 2. The highest BCUT2D eigenvalue weighted by atomic mass is 35.5.